The van der Waals surface area contributed by atoms with Crippen molar-refractivity contribution in [1.82, 2.24) is 0 Å². The van der Waals surface area contributed by atoms with Gasteiger partial charge in [-0.05, 0) is 47.6 Å². The maximum Gasteiger partial charge on any atom is 0.164 e. The summed E-state index contributed by atoms with van der Waals surface area (Å²) in [6.45, 7) is 4.73. The van der Waals surface area contributed by atoms with Crippen molar-refractivity contribution in [3.63, 3.8) is 0 Å². The predicted octanol–water partition coefficient (Wildman–Crippen LogP) is 2.79. The van der Waals surface area contributed by atoms with Crippen molar-refractivity contribution in [3.05, 3.63) is 45.0 Å². The monoisotopic (exact) mass is 402 g/mol. The molecule has 0 radical (unpaired) electrons. The van der Waals surface area contributed by atoms with Crippen LogP contribution >= 0.6 is 22.6 Å². The molecule has 1 aromatic carbocycles. The van der Waals surface area contributed by atoms with Crippen molar-refractivity contribution in [2.24, 2.45) is 0 Å². The lowest BCUT2D eigenvalue weighted by molar-refractivity contribution is -0.153. The molecule has 1 aliphatic heterocycles. The van der Waals surface area contributed by atoms with Crippen LogP contribution in [-0.2, 0) is 20.8 Å². The topological polar surface area (TPSA) is 47.9 Å². The van der Waals surface area contributed by atoms with Gasteiger partial charge in [-0.2, -0.15) is 0 Å². The molecule has 0 aromatic heterocycles. The zero-order valence-electron chi connectivity index (χ0n) is 12.1. The van der Waals surface area contributed by atoms with Crippen LogP contribution in [-0.4, -0.2) is 35.8 Å². The van der Waals surface area contributed by atoms with Gasteiger partial charge in [0.2, 0.25) is 0 Å². The quantitative estimate of drug-likeness (QED) is 0.788. The van der Waals surface area contributed by atoms with Gasteiger partial charge in [0.1, 0.15) is 18.3 Å². The summed E-state index contributed by atoms with van der Waals surface area (Å²) >= 11 is 2.16. The molecular formula is C16H19IO4. The second-order valence-electron chi connectivity index (χ2n) is 5.82. The predicted molar refractivity (Wildman–Crippen MR) is 87.0 cm³/mol. The minimum Gasteiger partial charge on any atom is -0.385 e. The number of rotatable bonds is 4. The van der Waals surface area contributed by atoms with E-state index in [0.717, 1.165) is 14.7 Å². The molecule has 0 saturated carbocycles. The van der Waals surface area contributed by atoms with Crippen LogP contribution in [0.2, 0.25) is 0 Å². The van der Waals surface area contributed by atoms with Gasteiger partial charge in [-0.3, -0.25) is 0 Å². The molecule has 1 heterocycles. The van der Waals surface area contributed by atoms with Gasteiger partial charge >= 0.3 is 0 Å². The Labute approximate surface area is 138 Å². The third-order valence-electron chi connectivity index (χ3n) is 3.72. The number of aliphatic hydroxyl groups is 1. The lowest BCUT2D eigenvalue weighted by Gasteiger charge is -2.20. The summed E-state index contributed by atoms with van der Waals surface area (Å²) in [5.41, 5.74) is 2.13. The summed E-state index contributed by atoms with van der Waals surface area (Å²) in [4.78, 5) is 0. The van der Waals surface area contributed by atoms with E-state index in [9.17, 15) is 5.11 Å². The highest BCUT2D eigenvalue weighted by molar-refractivity contribution is 14.1. The van der Waals surface area contributed by atoms with Gasteiger partial charge in [0.15, 0.2) is 5.79 Å². The Hall–Kier alpha value is -0.470. The second kappa shape index (κ2) is 5.96. The van der Waals surface area contributed by atoms with Gasteiger partial charge < -0.3 is 19.3 Å². The van der Waals surface area contributed by atoms with Gasteiger partial charge in [-0.1, -0.05) is 30.3 Å². The zero-order valence-corrected chi connectivity index (χ0v) is 14.2. The number of hydrogen-bond acceptors (Lipinski definition) is 4. The second-order valence-corrected chi connectivity index (χ2v) is 6.98. The van der Waals surface area contributed by atoms with Crippen LogP contribution in [0.5, 0.6) is 0 Å². The molecule has 1 saturated heterocycles. The Kier molecular flexibility index (Phi) is 4.38. The van der Waals surface area contributed by atoms with Crippen molar-refractivity contribution in [2.75, 3.05) is 6.61 Å². The molecule has 0 bridgehead atoms. The van der Waals surface area contributed by atoms with E-state index in [-0.39, 0.29) is 12.2 Å². The van der Waals surface area contributed by atoms with Crippen molar-refractivity contribution < 1.29 is 19.3 Å². The first kappa shape index (κ1) is 15.4. The van der Waals surface area contributed by atoms with E-state index in [0.29, 0.717) is 13.2 Å². The fourth-order valence-corrected chi connectivity index (χ4v) is 3.58. The molecule has 1 aliphatic carbocycles. The summed E-state index contributed by atoms with van der Waals surface area (Å²) in [6.07, 6.45) is -1.15. The Morgan fingerprint density at radius 3 is 2.62 bits per heavy atom. The Bertz CT molecular complexity index is 540. The van der Waals surface area contributed by atoms with E-state index >= 15 is 0 Å². The molecule has 3 atom stereocenters. The van der Waals surface area contributed by atoms with Crippen molar-refractivity contribution in [2.45, 2.75) is 44.6 Å². The third kappa shape index (κ3) is 3.17. The molecule has 1 fully saturated rings. The van der Waals surface area contributed by atoms with E-state index in [4.69, 9.17) is 14.2 Å². The number of aliphatic hydroxyl groups excluding tert-OH is 1. The summed E-state index contributed by atoms with van der Waals surface area (Å²) < 4.78 is 18.4. The Morgan fingerprint density at radius 2 is 1.90 bits per heavy atom. The maximum atomic E-state index is 10.3. The fourth-order valence-electron chi connectivity index (χ4n) is 2.76. The van der Waals surface area contributed by atoms with Crippen LogP contribution in [0.25, 0.3) is 0 Å². The SMILES string of the molecule is CC1(C)O[C@@H]2[C@H](O1)C(COCc1ccccc1)=C(I)[C@@H]2O. The van der Waals surface area contributed by atoms with Crippen LogP contribution in [0.15, 0.2) is 39.5 Å². The Morgan fingerprint density at radius 1 is 1.19 bits per heavy atom. The minimum atomic E-state index is -0.654. The lowest BCUT2D eigenvalue weighted by atomic mass is 10.1. The van der Waals surface area contributed by atoms with Crippen LogP contribution in [0.3, 0.4) is 0 Å². The number of fused-ring (bicyclic) bond motifs is 1. The summed E-state index contributed by atoms with van der Waals surface area (Å²) in [6, 6.07) is 10.0. The smallest absolute Gasteiger partial charge is 0.164 e. The molecule has 2 aliphatic rings. The summed E-state index contributed by atoms with van der Waals surface area (Å²) in [7, 11) is 0. The highest BCUT2D eigenvalue weighted by Gasteiger charge is 2.52. The van der Waals surface area contributed by atoms with Gasteiger partial charge in [-0.15, -0.1) is 0 Å². The van der Waals surface area contributed by atoms with Crippen LogP contribution in [0, 0.1) is 0 Å². The van der Waals surface area contributed by atoms with Gasteiger partial charge in [0, 0.05) is 3.58 Å². The molecule has 0 unspecified atom stereocenters. The standard InChI is InChI=1S/C16H19IO4/c1-16(2)20-14-11(12(17)13(18)15(14)21-16)9-19-8-10-6-4-3-5-7-10/h3-7,13-15,18H,8-9H2,1-2H3/t13-,14+,15-/m0/s1. The summed E-state index contributed by atoms with van der Waals surface area (Å²) in [5, 5.41) is 10.3. The van der Waals surface area contributed by atoms with E-state index in [1.807, 2.05) is 44.2 Å². The number of halogens is 1. The van der Waals surface area contributed by atoms with Crippen LogP contribution < -0.4 is 0 Å². The lowest BCUT2D eigenvalue weighted by Crippen LogP contribution is -2.30. The van der Waals surface area contributed by atoms with Crippen LogP contribution in [0.1, 0.15) is 19.4 Å². The summed E-state index contributed by atoms with van der Waals surface area (Å²) in [5.74, 6) is -0.654. The molecule has 4 nitrogen and oxygen atoms in total. The van der Waals surface area contributed by atoms with Crippen LogP contribution in [0.4, 0.5) is 0 Å². The first-order valence-corrected chi connectivity index (χ1v) is 8.09. The largest absolute Gasteiger partial charge is 0.385 e. The molecule has 1 N–H and O–H groups in total. The van der Waals surface area contributed by atoms with Crippen molar-refractivity contribution in [3.8, 4) is 0 Å². The number of ether oxygens (including phenoxy) is 3. The van der Waals surface area contributed by atoms with E-state index < -0.39 is 11.9 Å². The fraction of sp³-hybridized carbons (Fsp3) is 0.500. The molecule has 5 heteroatoms. The van der Waals surface area contributed by atoms with Gasteiger partial charge in [0.25, 0.3) is 0 Å². The first-order valence-electron chi connectivity index (χ1n) is 7.02. The minimum absolute atomic E-state index is 0.210. The molecule has 0 spiro atoms. The highest BCUT2D eigenvalue weighted by atomic mass is 127. The molecule has 114 valence electrons. The van der Waals surface area contributed by atoms with E-state index in [1.165, 1.54) is 0 Å². The molecule has 21 heavy (non-hydrogen) atoms. The first-order chi connectivity index (χ1) is 9.98. The molecule has 0 amide bonds. The van der Waals surface area contributed by atoms with E-state index in [2.05, 4.69) is 22.6 Å². The van der Waals surface area contributed by atoms with Gasteiger partial charge in [0.05, 0.1) is 13.2 Å². The highest BCUT2D eigenvalue weighted by Crippen LogP contribution is 2.43. The Balaban J connectivity index is 1.64. The third-order valence-corrected chi connectivity index (χ3v) is 5.05. The molecule has 1 aromatic rings. The zero-order chi connectivity index (χ0) is 15.0. The van der Waals surface area contributed by atoms with E-state index in [1.54, 1.807) is 0 Å². The molecule has 3 rings (SSSR count). The normalized spacial score (nSPS) is 30.8. The average molecular weight is 402 g/mol. The average Bonchev–Trinajstić information content (AvgIpc) is 2.87. The maximum absolute atomic E-state index is 10.3. The van der Waals surface area contributed by atoms with Crippen molar-refractivity contribution >= 4 is 22.6 Å². The number of benzene rings is 1. The number of hydrogen-bond donors (Lipinski definition) is 1. The molecular weight excluding hydrogens is 383 g/mol. The van der Waals surface area contributed by atoms with Gasteiger partial charge in [-0.25, -0.2) is 0 Å². The van der Waals surface area contributed by atoms with Crippen molar-refractivity contribution in [1.29, 1.82) is 0 Å².